The Hall–Kier alpha value is -1.56. The van der Waals surface area contributed by atoms with Crippen LogP contribution in [-0.2, 0) is 11.0 Å². The van der Waals surface area contributed by atoms with Crippen LogP contribution in [0.1, 0.15) is 19.4 Å². The van der Waals surface area contributed by atoms with Crippen LogP contribution in [0.4, 0.5) is 18.9 Å². The molecule has 18 heavy (non-hydrogen) atoms. The quantitative estimate of drug-likeness (QED) is 0.877. The molecule has 1 aromatic carbocycles. The Bertz CT molecular complexity index is 430. The van der Waals surface area contributed by atoms with Crippen LogP contribution in [0.25, 0.3) is 0 Å². The summed E-state index contributed by atoms with van der Waals surface area (Å²) in [6.45, 7) is 3.44. The van der Waals surface area contributed by atoms with Crippen LogP contribution in [-0.4, -0.2) is 11.9 Å². The number of amides is 1. The minimum Gasteiger partial charge on any atom is -0.324 e. The van der Waals surface area contributed by atoms with Crippen LogP contribution in [0.2, 0.25) is 0 Å². The van der Waals surface area contributed by atoms with Crippen LogP contribution in [0.5, 0.6) is 0 Å². The molecular weight excluding hydrogens is 245 g/mol. The van der Waals surface area contributed by atoms with Crippen molar-refractivity contribution in [1.29, 1.82) is 0 Å². The van der Waals surface area contributed by atoms with Gasteiger partial charge in [-0.3, -0.25) is 4.79 Å². The van der Waals surface area contributed by atoms with Gasteiger partial charge in [-0.2, -0.15) is 13.2 Å². The molecule has 1 aromatic rings. The zero-order valence-corrected chi connectivity index (χ0v) is 10.1. The zero-order valence-electron chi connectivity index (χ0n) is 10.1. The summed E-state index contributed by atoms with van der Waals surface area (Å²) in [5.74, 6) is -0.773. The third-order valence-electron chi connectivity index (χ3n) is 2.51. The summed E-state index contributed by atoms with van der Waals surface area (Å²) >= 11 is 0. The second-order valence-electron chi connectivity index (χ2n) is 4.30. The minimum atomic E-state index is -4.51. The first-order valence-corrected chi connectivity index (χ1v) is 5.46. The Balaban J connectivity index is 2.95. The maximum atomic E-state index is 12.7. The number of anilines is 1. The van der Waals surface area contributed by atoms with E-state index in [1.54, 1.807) is 13.8 Å². The Morgan fingerprint density at radius 3 is 2.33 bits per heavy atom. The molecule has 1 amide bonds. The van der Waals surface area contributed by atoms with Crippen molar-refractivity contribution in [3.63, 3.8) is 0 Å². The van der Waals surface area contributed by atoms with Crippen LogP contribution in [0.15, 0.2) is 24.3 Å². The monoisotopic (exact) mass is 260 g/mol. The van der Waals surface area contributed by atoms with Crippen molar-refractivity contribution in [2.24, 2.45) is 11.7 Å². The first-order valence-electron chi connectivity index (χ1n) is 5.46. The van der Waals surface area contributed by atoms with Crippen LogP contribution in [0.3, 0.4) is 0 Å². The van der Waals surface area contributed by atoms with Gasteiger partial charge in [-0.25, -0.2) is 0 Å². The van der Waals surface area contributed by atoms with E-state index in [0.717, 1.165) is 6.07 Å². The number of para-hydroxylation sites is 1. The van der Waals surface area contributed by atoms with Gasteiger partial charge in [0.2, 0.25) is 5.91 Å². The van der Waals surface area contributed by atoms with Crippen molar-refractivity contribution in [3.8, 4) is 0 Å². The average molecular weight is 260 g/mol. The third-order valence-corrected chi connectivity index (χ3v) is 2.51. The zero-order chi connectivity index (χ0) is 13.9. The van der Waals surface area contributed by atoms with Gasteiger partial charge >= 0.3 is 6.18 Å². The maximum Gasteiger partial charge on any atom is 0.418 e. The maximum absolute atomic E-state index is 12.7. The van der Waals surface area contributed by atoms with Gasteiger partial charge in [0.05, 0.1) is 17.3 Å². The number of benzene rings is 1. The van der Waals surface area contributed by atoms with Gasteiger partial charge in [0.25, 0.3) is 0 Å². The summed E-state index contributed by atoms with van der Waals surface area (Å²) < 4.78 is 38.0. The molecule has 3 N–H and O–H groups in total. The summed E-state index contributed by atoms with van der Waals surface area (Å²) in [5, 5.41) is 2.21. The molecule has 0 aliphatic rings. The standard InChI is InChI=1S/C12H15F3N2O/c1-7(2)10(16)11(18)17-9-6-4-3-5-8(9)12(13,14)15/h3-7,10H,16H2,1-2H3,(H,17,18). The number of hydrogen-bond donors (Lipinski definition) is 2. The van der Waals surface area contributed by atoms with Gasteiger partial charge in [0.15, 0.2) is 0 Å². The van der Waals surface area contributed by atoms with E-state index in [1.807, 2.05) is 0 Å². The highest BCUT2D eigenvalue weighted by atomic mass is 19.4. The predicted octanol–water partition coefficient (Wildman–Crippen LogP) is 2.63. The van der Waals surface area contributed by atoms with E-state index in [9.17, 15) is 18.0 Å². The number of rotatable bonds is 3. The number of halogens is 3. The smallest absolute Gasteiger partial charge is 0.324 e. The highest BCUT2D eigenvalue weighted by Crippen LogP contribution is 2.34. The van der Waals surface area contributed by atoms with Crippen molar-refractivity contribution < 1.29 is 18.0 Å². The van der Waals surface area contributed by atoms with E-state index < -0.39 is 23.7 Å². The van der Waals surface area contributed by atoms with Crippen molar-refractivity contribution in [1.82, 2.24) is 0 Å². The molecule has 1 rings (SSSR count). The molecular formula is C12H15F3N2O. The Labute approximate surface area is 103 Å². The van der Waals surface area contributed by atoms with Gasteiger partial charge in [-0.05, 0) is 18.1 Å². The van der Waals surface area contributed by atoms with E-state index in [0.29, 0.717) is 0 Å². The normalized spacial score (nSPS) is 13.5. The fraction of sp³-hybridized carbons (Fsp3) is 0.417. The lowest BCUT2D eigenvalue weighted by atomic mass is 10.0. The lowest BCUT2D eigenvalue weighted by Crippen LogP contribution is -2.40. The number of hydrogen-bond acceptors (Lipinski definition) is 2. The van der Waals surface area contributed by atoms with Gasteiger partial charge in [0.1, 0.15) is 0 Å². The van der Waals surface area contributed by atoms with E-state index in [4.69, 9.17) is 5.73 Å². The van der Waals surface area contributed by atoms with E-state index in [-0.39, 0.29) is 11.6 Å². The summed E-state index contributed by atoms with van der Waals surface area (Å²) in [5.41, 5.74) is 4.42. The fourth-order valence-corrected chi connectivity index (χ4v) is 1.36. The van der Waals surface area contributed by atoms with Crippen molar-refractivity contribution in [3.05, 3.63) is 29.8 Å². The SMILES string of the molecule is CC(C)C(N)C(=O)Nc1ccccc1C(F)(F)F. The van der Waals surface area contributed by atoms with Gasteiger partial charge < -0.3 is 11.1 Å². The van der Waals surface area contributed by atoms with Gasteiger partial charge in [-0.15, -0.1) is 0 Å². The molecule has 0 aromatic heterocycles. The highest BCUT2D eigenvalue weighted by molar-refractivity contribution is 5.95. The Morgan fingerprint density at radius 2 is 1.83 bits per heavy atom. The van der Waals surface area contributed by atoms with Crippen molar-refractivity contribution in [2.45, 2.75) is 26.1 Å². The molecule has 0 aliphatic carbocycles. The Morgan fingerprint density at radius 1 is 1.28 bits per heavy atom. The summed E-state index contributed by atoms with van der Waals surface area (Å²) in [6, 6.07) is 3.96. The summed E-state index contributed by atoms with van der Waals surface area (Å²) in [4.78, 5) is 11.6. The van der Waals surface area contributed by atoms with Crippen LogP contribution in [0, 0.1) is 5.92 Å². The molecule has 1 atom stereocenters. The molecule has 1 unspecified atom stereocenters. The largest absolute Gasteiger partial charge is 0.418 e. The first kappa shape index (κ1) is 14.5. The highest BCUT2D eigenvalue weighted by Gasteiger charge is 2.34. The second-order valence-corrected chi connectivity index (χ2v) is 4.30. The molecule has 0 saturated heterocycles. The Kier molecular flexibility index (Phi) is 4.34. The van der Waals surface area contributed by atoms with Crippen molar-refractivity contribution in [2.75, 3.05) is 5.32 Å². The number of carbonyl (C=O) groups is 1. The number of carbonyl (C=O) groups excluding carboxylic acids is 1. The fourth-order valence-electron chi connectivity index (χ4n) is 1.36. The summed E-state index contributed by atoms with van der Waals surface area (Å²) in [6.07, 6.45) is -4.51. The lowest BCUT2D eigenvalue weighted by Gasteiger charge is -2.18. The van der Waals surface area contributed by atoms with E-state index in [1.165, 1.54) is 18.2 Å². The molecule has 3 nitrogen and oxygen atoms in total. The summed E-state index contributed by atoms with van der Waals surface area (Å²) in [7, 11) is 0. The molecule has 0 spiro atoms. The predicted molar refractivity (Wildman–Crippen MR) is 62.9 cm³/mol. The molecule has 0 bridgehead atoms. The van der Waals surface area contributed by atoms with Crippen molar-refractivity contribution >= 4 is 11.6 Å². The first-order chi connectivity index (χ1) is 8.23. The van der Waals surface area contributed by atoms with E-state index in [2.05, 4.69) is 5.32 Å². The molecule has 0 saturated carbocycles. The molecule has 0 heterocycles. The topological polar surface area (TPSA) is 55.1 Å². The number of alkyl halides is 3. The van der Waals surface area contributed by atoms with Gasteiger partial charge in [-0.1, -0.05) is 26.0 Å². The van der Waals surface area contributed by atoms with Crippen LogP contribution < -0.4 is 11.1 Å². The van der Waals surface area contributed by atoms with Gasteiger partial charge in [0, 0.05) is 0 Å². The number of nitrogens with one attached hydrogen (secondary N) is 1. The molecule has 100 valence electrons. The molecule has 0 aliphatic heterocycles. The lowest BCUT2D eigenvalue weighted by molar-refractivity contribution is -0.137. The second kappa shape index (κ2) is 5.39. The number of nitrogens with two attached hydrogens (primary N) is 1. The molecule has 0 fully saturated rings. The average Bonchev–Trinajstić information content (AvgIpc) is 2.27. The van der Waals surface area contributed by atoms with Crippen LogP contribution >= 0.6 is 0 Å². The minimum absolute atomic E-state index is 0.150. The van der Waals surface area contributed by atoms with E-state index >= 15 is 0 Å². The molecule has 6 heteroatoms. The third kappa shape index (κ3) is 3.46. The molecule has 0 radical (unpaired) electrons.